The van der Waals surface area contributed by atoms with Gasteiger partial charge in [0.25, 0.3) is 5.91 Å². The van der Waals surface area contributed by atoms with Crippen molar-refractivity contribution in [3.63, 3.8) is 0 Å². The first kappa shape index (κ1) is 25.0. The van der Waals surface area contributed by atoms with E-state index in [-0.39, 0.29) is 30.4 Å². The van der Waals surface area contributed by atoms with E-state index in [9.17, 15) is 23.1 Å². The maximum atomic E-state index is 13.2. The Labute approximate surface area is 198 Å². The van der Waals surface area contributed by atoms with Crippen molar-refractivity contribution in [3.05, 3.63) is 77.2 Å². The number of aromatic nitrogens is 1. The Morgan fingerprint density at radius 3 is 2.65 bits per heavy atom. The number of para-hydroxylation sites is 1. The Bertz CT molecular complexity index is 1140. The molecule has 3 rings (SSSR count). The van der Waals surface area contributed by atoms with Crippen molar-refractivity contribution in [3.8, 4) is 0 Å². The van der Waals surface area contributed by atoms with Crippen LogP contribution in [0.2, 0.25) is 0 Å². The highest BCUT2D eigenvalue weighted by Gasteiger charge is 2.31. The Kier molecular flexibility index (Phi) is 8.08. The molecule has 0 bridgehead atoms. The van der Waals surface area contributed by atoms with Crippen LogP contribution >= 0.6 is 12.2 Å². The molecule has 0 aliphatic rings. The SMILES string of the molecule is Nc1c(CO)cccc1NC(=S)NC(CCNC(=O)c1ccon1)c1cccc(C(F)(F)F)c1. The lowest BCUT2D eigenvalue weighted by Gasteiger charge is -2.23. The van der Waals surface area contributed by atoms with Crippen LogP contribution in [0.25, 0.3) is 0 Å². The van der Waals surface area contributed by atoms with E-state index in [2.05, 4.69) is 25.6 Å². The maximum absolute atomic E-state index is 13.2. The molecule has 0 saturated carbocycles. The van der Waals surface area contributed by atoms with Crippen molar-refractivity contribution >= 4 is 34.6 Å². The lowest BCUT2D eigenvalue weighted by atomic mass is 10.0. The molecule has 0 radical (unpaired) electrons. The van der Waals surface area contributed by atoms with Gasteiger partial charge in [0.05, 0.1) is 29.6 Å². The molecule has 0 spiro atoms. The molecule has 180 valence electrons. The lowest BCUT2D eigenvalue weighted by Crippen LogP contribution is -2.35. The van der Waals surface area contributed by atoms with Crippen molar-refractivity contribution in [1.82, 2.24) is 15.8 Å². The van der Waals surface area contributed by atoms with Crippen LogP contribution in [0, 0.1) is 0 Å². The van der Waals surface area contributed by atoms with Crippen LogP contribution in [0.4, 0.5) is 24.5 Å². The predicted octanol–water partition coefficient (Wildman–Crippen LogP) is 3.62. The van der Waals surface area contributed by atoms with E-state index in [4.69, 9.17) is 18.0 Å². The van der Waals surface area contributed by atoms with Gasteiger partial charge >= 0.3 is 6.18 Å². The summed E-state index contributed by atoms with van der Waals surface area (Å²) < 4.78 is 44.4. The van der Waals surface area contributed by atoms with Gasteiger partial charge in [-0.15, -0.1) is 0 Å². The number of benzene rings is 2. The second kappa shape index (κ2) is 11.0. The molecule has 1 atom stereocenters. The Morgan fingerprint density at radius 2 is 1.97 bits per heavy atom. The molecule has 1 aromatic heterocycles. The Hall–Kier alpha value is -3.64. The summed E-state index contributed by atoms with van der Waals surface area (Å²) in [4.78, 5) is 12.1. The second-order valence-corrected chi connectivity index (χ2v) is 7.65. The number of halogens is 3. The highest BCUT2D eigenvalue weighted by Crippen LogP contribution is 2.31. The van der Waals surface area contributed by atoms with Crippen molar-refractivity contribution in [1.29, 1.82) is 0 Å². The number of hydrogen-bond acceptors (Lipinski definition) is 6. The fraction of sp³-hybridized carbons (Fsp3) is 0.227. The molecule has 1 amide bonds. The van der Waals surface area contributed by atoms with Gasteiger partial charge in [0, 0.05) is 18.2 Å². The largest absolute Gasteiger partial charge is 0.416 e. The molecule has 2 aromatic carbocycles. The number of hydrogen-bond donors (Lipinski definition) is 5. The van der Waals surface area contributed by atoms with Gasteiger partial charge in [0.1, 0.15) is 6.26 Å². The van der Waals surface area contributed by atoms with Gasteiger partial charge in [-0.3, -0.25) is 4.79 Å². The number of nitrogens with two attached hydrogens (primary N) is 1. The summed E-state index contributed by atoms with van der Waals surface area (Å²) in [5.74, 6) is -0.481. The first-order valence-electron chi connectivity index (χ1n) is 10.1. The number of anilines is 2. The Balaban J connectivity index is 1.75. The number of aliphatic hydroxyl groups is 1. The molecule has 6 N–H and O–H groups in total. The van der Waals surface area contributed by atoms with Crippen LogP contribution in [0.5, 0.6) is 0 Å². The molecular formula is C22H22F3N5O3S. The third-order valence-corrected chi connectivity index (χ3v) is 5.15. The van der Waals surface area contributed by atoms with E-state index in [0.717, 1.165) is 12.1 Å². The summed E-state index contributed by atoms with van der Waals surface area (Å²) in [5.41, 5.74) is 6.85. The molecule has 1 heterocycles. The highest BCUT2D eigenvalue weighted by molar-refractivity contribution is 7.80. The standard InChI is InChI=1S/C22H22F3N5O3S/c23-22(24,25)15-5-1-3-13(11-15)16(7-9-27-20(32)18-8-10-33-30-18)28-21(34)29-17-6-2-4-14(12-31)19(17)26/h1-6,8,10-11,16,31H,7,9,12,26H2,(H,27,32)(H2,28,29,34). The maximum Gasteiger partial charge on any atom is 0.416 e. The fourth-order valence-corrected chi connectivity index (χ4v) is 3.43. The molecule has 12 heteroatoms. The minimum Gasteiger partial charge on any atom is -0.397 e. The zero-order valence-corrected chi connectivity index (χ0v) is 18.5. The van der Waals surface area contributed by atoms with Crippen LogP contribution in [0.15, 0.2) is 59.3 Å². The van der Waals surface area contributed by atoms with Gasteiger partial charge < -0.3 is 31.3 Å². The number of alkyl halides is 3. The topological polar surface area (TPSA) is 125 Å². The molecule has 3 aromatic rings. The molecule has 0 fully saturated rings. The number of nitrogens with one attached hydrogen (secondary N) is 3. The van der Waals surface area contributed by atoms with Gasteiger partial charge in [0.2, 0.25) is 0 Å². The predicted molar refractivity (Wildman–Crippen MR) is 124 cm³/mol. The summed E-state index contributed by atoms with van der Waals surface area (Å²) in [5, 5.41) is 21.6. The summed E-state index contributed by atoms with van der Waals surface area (Å²) in [7, 11) is 0. The van der Waals surface area contributed by atoms with Crippen LogP contribution in [-0.2, 0) is 12.8 Å². The number of aliphatic hydroxyl groups excluding tert-OH is 1. The minimum absolute atomic E-state index is 0.0833. The van der Waals surface area contributed by atoms with E-state index >= 15 is 0 Å². The van der Waals surface area contributed by atoms with Gasteiger partial charge in [0.15, 0.2) is 10.8 Å². The number of nitrogen functional groups attached to an aromatic ring is 1. The molecule has 8 nitrogen and oxygen atoms in total. The summed E-state index contributed by atoms with van der Waals surface area (Å²) in [6.45, 7) is -0.149. The van der Waals surface area contributed by atoms with Crippen molar-refractivity contribution in [2.75, 3.05) is 17.6 Å². The summed E-state index contributed by atoms with van der Waals surface area (Å²) in [6.07, 6.45) is -3.05. The normalized spacial score (nSPS) is 12.1. The zero-order valence-electron chi connectivity index (χ0n) is 17.7. The highest BCUT2D eigenvalue weighted by atomic mass is 32.1. The summed E-state index contributed by atoms with van der Waals surface area (Å²) >= 11 is 5.35. The molecular weight excluding hydrogens is 471 g/mol. The minimum atomic E-state index is -4.51. The third kappa shape index (κ3) is 6.45. The van der Waals surface area contributed by atoms with Gasteiger partial charge in [-0.25, -0.2) is 0 Å². The van der Waals surface area contributed by atoms with E-state index in [0.29, 0.717) is 22.5 Å². The average Bonchev–Trinajstić information content (AvgIpc) is 3.34. The van der Waals surface area contributed by atoms with Crippen LogP contribution in [0.1, 0.15) is 39.6 Å². The van der Waals surface area contributed by atoms with Gasteiger partial charge in [-0.1, -0.05) is 29.4 Å². The van der Waals surface area contributed by atoms with Gasteiger partial charge in [-0.05, 0) is 42.4 Å². The quantitative estimate of drug-likeness (QED) is 0.238. The first-order valence-corrected chi connectivity index (χ1v) is 10.5. The second-order valence-electron chi connectivity index (χ2n) is 7.24. The van der Waals surface area contributed by atoms with Crippen LogP contribution in [0.3, 0.4) is 0 Å². The van der Waals surface area contributed by atoms with E-state index < -0.39 is 23.7 Å². The smallest absolute Gasteiger partial charge is 0.397 e. The van der Waals surface area contributed by atoms with Crippen molar-refractivity contribution in [2.24, 2.45) is 0 Å². The van der Waals surface area contributed by atoms with E-state index in [1.54, 1.807) is 18.2 Å². The van der Waals surface area contributed by atoms with E-state index in [1.165, 1.54) is 24.5 Å². The first-order chi connectivity index (χ1) is 16.2. The van der Waals surface area contributed by atoms with Crippen molar-refractivity contribution in [2.45, 2.75) is 25.2 Å². The monoisotopic (exact) mass is 493 g/mol. The number of carbonyl (C=O) groups is 1. The number of carbonyl (C=O) groups excluding carboxylic acids is 1. The summed E-state index contributed by atoms with van der Waals surface area (Å²) in [6, 6.07) is 10.5. The molecule has 0 aliphatic carbocycles. The van der Waals surface area contributed by atoms with Crippen LogP contribution in [-0.4, -0.2) is 27.8 Å². The Morgan fingerprint density at radius 1 is 1.21 bits per heavy atom. The zero-order chi connectivity index (χ0) is 24.7. The lowest BCUT2D eigenvalue weighted by molar-refractivity contribution is -0.137. The fourth-order valence-electron chi connectivity index (χ4n) is 3.18. The molecule has 1 unspecified atom stereocenters. The van der Waals surface area contributed by atoms with Gasteiger partial charge in [-0.2, -0.15) is 13.2 Å². The van der Waals surface area contributed by atoms with E-state index in [1.807, 2.05) is 0 Å². The number of thiocarbonyl (C=S) groups is 1. The van der Waals surface area contributed by atoms with Crippen molar-refractivity contribution < 1.29 is 27.6 Å². The molecule has 0 aliphatic heterocycles. The number of amides is 1. The average molecular weight is 494 g/mol. The molecule has 0 saturated heterocycles. The molecule has 34 heavy (non-hydrogen) atoms. The number of rotatable bonds is 8. The number of nitrogens with zero attached hydrogens (tertiary/aromatic N) is 1. The van der Waals surface area contributed by atoms with Crippen LogP contribution < -0.4 is 21.7 Å². The third-order valence-electron chi connectivity index (χ3n) is 4.93.